The Bertz CT molecular complexity index is 547. The molecule has 2 rings (SSSR count). The molecule has 1 heterocycles. The van der Waals surface area contributed by atoms with Gasteiger partial charge in [0.25, 0.3) is 10.0 Å². The Hall–Kier alpha value is -0.920. The van der Waals surface area contributed by atoms with Gasteiger partial charge in [0.05, 0.1) is 6.61 Å². The van der Waals surface area contributed by atoms with Crippen LogP contribution in [0, 0.1) is 12.8 Å². The summed E-state index contributed by atoms with van der Waals surface area (Å²) < 4.78 is 26.4. The van der Waals surface area contributed by atoms with Gasteiger partial charge in [-0.2, -0.15) is 9.40 Å². The van der Waals surface area contributed by atoms with Crippen LogP contribution in [0.1, 0.15) is 43.4 Å². The maximum absolute atomic E-state index is 12.5. The van der Waals surface area contributed by atoms with Crippen molar-refractivity contribution < 1.29 is 13.5 Å². The zero-order valence-corrected chi connectivity index (χ0v) is 12.9. The van der Waals surface area contributed by atoms with E-state index in [1.54, 1.807) is 14.0 Å². The number of sulfonamides is 1. The van der Waals surface area contributed by atoms with E-state index in [0.717, 1.165) is 12.8 Å². The molecule has 0 spiro atoms. The van der Waals surface area contributed by atoms with Crippen molar-refractivity contribution in [2.75, 3.05) is 13.6 Å². The van der Waals surface area contributed by atoms with Crippen molar-refractivity contribution in [3.05, 3.63) is 11.3 Å². The molecule has 1 saturated carbocycles. The van der Waals surface area contributed by atoms with Crippen molar-refractivity contribution in [1.82, 2.24) is 14.5 Å². The van der Waals surface area contributed by atoms with Crippen LogP contribution in [-0.4, -0.2) is 41.6 Å². The maximum atomic E-state index is 12.5. The summed E-state index contributed by atoms with van der Waals surface area (Å²) in [5.74, 6) is 0.432. The number of aryl methyl sites for hydroxylation is 1. The van der Waals surface area contributed by atoms with Crippen LogP contribution in [0.4, 0.5) is 0 Å². The van der Waals surface area contributed by atoms with E-state index in [9.17, 15) is 13.5 Å². The molecule has 7 heteroatoms. The molecular formula is C13H23N3O3S. The number of nitrogens with one attached hydrogen (secondary N) is 1. The van der Waals surface area contributed by atoms with Crippen LogP contribution < -0.4 is 0 Å². The molecule has 1 aromatic heterocycles. The lowest BCUT2D eigenvalue weighted by Crippen LogP contribution is -2.33. The van der Waals surface area contributed by atoms with Gasteiger partial charge in [0.1, 0.15) is 0 Å². The van der Waals surface area contributed by atoms with E-state index in [4.69, 9.17) is 0 Å². The van der Waals surface area contributed by atoms with Crippen LogP contribution in [0.25, 0.3) is 0 Å². The number of aromatic nitrogens is 2. The number of nitrogens with zero attached hydrogens (tertiary/aromatic N) is 2. The van der Waals surface area contributed by atoms with E-state index in [1.165, 1.54) is 23.6 Å². The predicted molar refractivity (Wildman–Crippen MR) is 75.6 cm³/mol. The zero-order chi connectivity index (χ0) is 14.8. The number of aliphatic hydroxyl groups excluding tert-OH is 1. The molecule has 0 aliphatic heterocycles. The highest BCUT2D eigenvalue weighted by molar-refractivity contribution is 7.89. The lowest BCUT2D eigenvalue weighted by Gasteiger charge is -2.26. The minimum atomic E-state index is -3.63. The van der Waals surface area contributed by atoms with Crippen molar-refractivity contribution in [3.63, 3.8) is 0 Å². The molecule has 1 aliphatic carbocycles. The first kappa shape index (κ1) is 15.5. The molecule has 1 aromatic rings. The summed E-state index contributed by atoms with van der Waals surface area (Å²) in [5.41, 5.74) is 0.956. The second-order valence-corrected chi connectivity index (χ2v) is 7.54. The van der Waals surface area contributed by atoms with Crippen molar-refractivity contribution in [2.24, 2.45) is 5.92 Å². The largest absolute Gasteiger partial charge is 0.392 e. The minimum absolute atomic E-state index is 0.0455. The second kappa shape index (κ2) is 6.24. The first-order chi connectivity index (χ1) is 9.46. The summed E-state index contributed by atoms with van der Waals surface area (Å²) in [6.45, 7) is 1.91. The van der Waals surface area contributed by atoms with Crippen LogP contribution in [0.15, 0.2) is 5.03 Å². The molecule has 114 valence electrons. The van der Waals surface area contributed by atoms with Gasteiger partial charge in [0.2, 0.25) is 0 Å². The van der Waals surface area contributed by atoms with Crippen molar-refractivity contribution >= 4 is 10.0 Å². The van der Waals surface area contributed by atoms with Crippen molar-refractivity contribution in [2.45, 2.75) is 50.7 Å². The van der Waals surface area contributed by atoms with Gasteiger partial charge in [0, 0.05) is 24.8 Å². The van der Waals surface area contributed by atoms with E-state index in [2.05, 4.69) is 10.2 Å². The van der Waals surface area contributed by atoms with Gasteiger partial charge in [0.15, 0.2) is 5.03 Å². The summed E-state index contributed by atoms with van der Waals surface area (Å²) in [6.07, 6.45) is 5.79. The molecule has 0 saturated heterocycles. The fraction of sp³-hybridized carbons (Fsp3) is 0.769. The molecule has 20 heavy (non-hydrogen) atoms. The van der Waals surface area contributed by atoms with E-state index >= 15 is 0 Å². The van der Waals surface area contributed by atoms with Crippen LogP contribution in [0.5, 0.6) is 0 Å². The lowest BCUT2D eigenvalue weighted by molar-refractivity contribution is 0.276. The lowest BCUT2D eigenvalue weighted by atomic mass is 9.89. The Morgan fingerprint density at radius 2 is 2.00 bits per heavy atom. The van der Waals surface area contributed by atoms with E-state index < -0.39 is 10.0 Å². The Labute approximate surface area is 120 Å². The highest BCUT2D eigenvalue weighted by Gasteiger charge is 2.29. The number of aromatic amines is 1. The minimum Gasteiger partial charge on any atom is -0.392 e. The number of H-pyrrole nitrogens is 1. The fourth-order valence-electron chi connectivity index (χ4n) is 2.81. The molecule has 0 aromatic carbocycles. The molecule has 1 fully saturated rings. The highest BCUT2D eigenvalue weighted by atomic mass is 32.2. The van der Waals surface area contributed by atoms with Crippen LogP contribution >= 0.6 is 0 Å². The molecule has 0 amide bonds. The van der Waals surface area contributed by atoms with Gasteiger partial charge >= 0.3 is 0 Å². The summed E-state index contributed by atoms with van der Waals surface area (Å²) in [4.78, 5) is 0. The third kappa shape index (κ3) is 3.05. The summed E-state index contributed by atoms with van der Waals surface area (Å²) in [6, 6.07) is 0. The Morgan fingerprint density at radius 3 is 2.60 bits per heavy atom. The zero-order valence-electron chi connectivity index (χ0n) is 12.1. The van der Waals surface area contributed by atoms with E-state index in [1.807, 2.05) is 0 Å². The first-order valence-corrected chi connectivity index (χ1v) is 8.52. The molecule has 6 nitrogen and oxygen atoms in total. The fourth-order valence-corrected chi connectivity index (χ4v) is 4.20. The van der Waals surface area contributed by atoms with Crippen LogP contribution in [0.2, 0.25) is 0 Å². The predicted octanol–water partition coefficient (Wildman–Crippen LogP) is 1.41. The van der Waals surface area contributed by atoms with Crippen molar-refractivity contribution in [1.29, 1.82) is 0 Å². The average Bonchev–Trinajstić information content (AvgIpc) is 2.81. The van der Waals surface area contributed by atoms with Gasteiger partial charge in [-0.15, -0.1) is 0 Å². The highest BCUT2D eigenvalue weighted by Crippen LogP contribution is 2.26. The number of rotatable bonds is 5. The van der Waals surface area contributed by atoms with Crippen LogP contribution in [0.3, 0.4) is 0 Å². The smallest absolute Gasteiger partial charge is 0.262 e. The molecule has 0 radical (unpaired) electrons. The summed E-state index contributed by atoms with van der Waals surface area (Å²) in [5, 5.41) is 15.8. The van der Waals surface area contributed by atoms with Gasteiger partial charge in [-0.3, -0.25) is 5.10 Å². The standard InChI is InChI=1S/C13H23N3O3S/c1-10-12(9-17)13(15-14-10)20(18,19)16(2)8-11-6-4-3-5-7-11/h11,17H,3-9H2,1-2H3,(H,14,15). The quantitative estimate of drug-likeness (QED) is 0.861. The molecule has 2 N–H and O–H groups in total. The van der Waals surface area contributed by atoms with Gasteiger partial charge < -0.3 is 5.11 Å². The Morgan fingerprint density at radius 1 is 1.35 bits per heavy atom. The van der Waals surface area contributed by atoms with E-state index in [-0.39, 0.29) is 11.6 Å². The number of hydrogen-bond donors (Lipinski definition) is 2. The van der Waals surface area contributed by atoms with Gasteiger partial charge in [-0.25, -0.2) is 8.42 Å². The topological polar surface area (TPSA) is 86.3 Å². The van der Waals surface area contributed by atoms with Gasteiger partial charge in [-0.05, 0) is 25.7 Å². The average molecular weight is 301 g/mol. The molecule has 0 unspecified atom stereocenters. The summed E-state index contributed by atoms with van der Waals surface area (Å²) in [7, 11) is -2.04. The third-order valence-corrected chi connectivity index (χ3v) is 5.88. The molecule has 1 aliphatic rings. The molecule has 0 bridgehead atoms. The number of hydrogen-bond acceptors (Lipinski definition) is 4. The SMILES string of the molecule is Cc1[nH]nc(S(=O)(=O)N(C)CC2CCCCC2)c1CO. The van der Waals surface area contributed by atoms with Crippen LogP contribution in [-0.2, 0) is 16.6 Å². The Balaban J connectivity index is 2.16. The maximum Gasteiger partial charge on any atom is 0.262 e. The third-order valence-electron chi connectivity index (χ3n) is 4.09. The molecule has 0 atom stereocenters. The first-order valence-electron chi connectivity index (χ1n) is 7.08. The number of aliphatic hydroxyl groups is 1. The Kier molecular flexibility index (Phi) is 4.82. The monoisotopic (exact) mass is 301 g/mol. The van der Waals surface area contributed by atoms with Crippen molar-refractivity contribution in [3.8, 4) is 0 Å². The van der Waals surface area contributed by atoms with E-state index in [0.29, 0.717) is 23.7 Å². The second-order valence-electron chi connectivity index (χ2n) is 5.58. The summed E-state index contributed by atoms with van der Waals surface area (Å²) >= 11 is 0. The normalized spacial score (nSPS) is 17.8. The van der Waals surface area contributed by atoms with Gasteiger partial charge in [-0.1, -0.05) is 19.3 Å². The molecular weight excluding hydrogens is 278 g/mol.